The van der Waals surface area contributed by atoms with E-state index in [-0.39, 0.29) is 41.9 Å². The van der Waals surface area contributed by atoms with Crippen molar-refractivity contribution in [3.8, 4) is 5.88 Å². The average molecular weight is 622 g/mol. The van der Waals surface area contributed by atoms with Crippen molar-refractivity contribution in [1.82, 2.24) is 15.1 Å². The molecule has 4 atom stereocenters. The molecule has 3 N–H and O–H groups in total. The Morgan fingerprint density at radius 1 is 0.933 bits per heavy atom. The average Bonchev–Trinajstić information content (AvgIpc) is 3.46. The maximum absolute atomic E-state index is 13.3. The van der Waals surface area contributed by atoms with Crippen molar-refractivity contribution in [2.75, 3.05) is 6.61 Å². The maximum atomic E-state index is 13.3. The second kappa shape index (κ2) is 15.5. The number of nitrogens with one attached hydrogen (secondary N) is 1. The van der Waals surface area contributed by atoms with E-state index in [1.165, 1.54) is 10.7 Å². The van der Waals surface area contributed by atoms with Crippen LogP contribution >= 0.6 is 0 Å². The van der Waals surface area contributed by atoms with Crippen molar-refractivity contribution in [2.45, 2.75) is 96.2 Å². The van der Waals surface area contributed by atoms with E-state index in [9.17, 15) is 24.6 Å². The number of carbonyl (C=O) groups is 3. The standard InChI is InChI=1S/C35H47N3O7/c1-23(44-21-24-9-3-2-4-10-24)28-12-7-8-14-30(28)36-32(39)20-38-33(19-31(37-38)35(42)43)45-22-27-11-5-6-13-29(27)25-15-17-26(18-16-25)34(40)41/h2-4,9-10,19,25-30H,1,5-8,11-18,20-22H2,(H,36,39)(H,40,41)(H,42,43)/t25?,26?,27?,28-,29-,30+/m1/s1. The second-order valence-electron chi connectivity index (χ2n) is 13.1. The van der Waals surface area contributed by atoms with Crippen molar-refractivity contribution in [3.63, 3.8) is 0 Å². The van der Waals surface area contributed by atoms with Gasteiger partial charge in [0.2, 0.25) is 11.8 Å². The van der Waals surface area contributed by atoms with Crippen LogP contribution in [0.25, 0.3) is 0 Å². The van der Waals surface area contributed by atoms with E-state index < -0.39 is 11.9 Å². The highest BCUT2D eigenvalue weighted by Gasteiger charge is 2.36. The number of aromatic carboxylic acids is 1. The van der Waals surface area contributed by atoms with Gasteiger partial charge in [0.15, 0.2) is 5.69 Å². The minimum absolute atomic E-state index is 0.0110. The maximum Gasteiger partial charge on any atom is 0.356 e. The van der Waals surface area contributed by atoms with Gasteiger partial charge in [-0.25, -0.2) is 9.48 Å². The molecular formula is C35H47N3O7. The second-order valence-corrected chi connectivity index (χ2v) is 13.1. The van der Waals surface area contributed by atoms with Crippen LogP contribution in [0.15, 0.2) is 48.7 Å². The quantitative estimate of drug-likeness (QED) is 0.229. The third kappa shape index (κ3) is 8.67. The molecule has 1 amide bonds. The van der Waals surface area contributed by atoms with Crippen molar-refractivity contribution < 1.29 is 34.1 Å². The monoisotopic (exact) mass is 621 g/mol. The van der Waals surface area contributed by atoms with E-state index in [0.29, 0.717) is 36.7 Å². The lowest BCUT2D eigenvalue weighted by atomic mass is 9.67. The number of benzene rings is 1. The highest BCUT2D eigenvalue weighted by molar-refractivity contribution is 5.85. The molecule has 3 saturated carbocycles. The normalized spacial score (nSPS) is 26.8. The van der Waals surface area contributed by atoms with Crippen LogP contribution in [0.4, 0.5) is 0 Å². The number of carbonyl (C=O) groups excluding carboxylic acids is 1. The molecular weight excluding hydrogens is 574 g/mol. The number of aliphatic carboxylic acids is 1. The smallest absolute Gasteiger partial charge is 0.356 e. The number of hydrogen-bond acceptors (Lipinski definition) is 6. The van der Waals surface area contributed by atoms with E-state index in [2.05, 4.69) is 17.0 Å². The van der Waals surface area contributed by atoms with Gasteiger partial charge in [-0.3, -0.25) is 9.59 Å². The SMILES string of the molecule is C=C(OCc1ccccc1)[C@H]1CCCC[C@@H]1NC(=O)Cn1nc(C(=O)O)cc1OCC1CCCC[C@@H]1C1CCC(C(=O)O)CC1. The number of aromatic nitrogens is 2. The Kier molecular flexibility index (Phi) is 11.2. The van der Waals surface area contributed by atoms with Crippen LogP contribution in [0.2, 0.25) is 0 Å². The van der Waals surface area contributed by atoms with Crippen molar-refractivity contribution in [3.05, 3.63) is 60.0 Å². The molecule has 1 aromatic carbocycles. The van der Waals surface area contributed by atoms with Crippen LogP contribution in [0.5, 0.6) is 5.88 Å². The van der Waals surface area contributed by atoms with Gasteiger partial charge in [0.1, 0.15) is 13.2 Å². The van der Waals surface area contributed by atoms with E-state index in [0.717, 1.165) is 82.6 Å². The number of hydrogen-bond donors (Lipinski definition) is 3. The van der Waals surface area contributed by atoms with Gasteiger partial charge in [0, 0.05) is 18.0 Å². The van der Waals surface area contributed by atoms with Crippen LogP contribution in [0.1, 0.15) is 93.1 Å². The first kappa shape index (κ1) is 32.6. The lowest BCUT2D eigenvalue weighted by molar-refractivity contribution is -0.143. The number of amides is 1. The fraction of sp³-hybridized carbons (Fsp3) is 0.600. The Bertz CT molecular complexity index is 1320. The summed E-state index contributed by atoms with van der Waals surface area (Å²) in [5, 5.41) is 26.4. The molecule has 5 rings (SSSR count). The van der Waals surface area contributed by atoms with E-state index in [4.69, 9.17) is 9.47 Å². The van der Waals surface area contributed by atoms with Gasteiger partial charge in [0.05, 0.1) is 18.3 Å². The summed E-state index contributed by atoms with van der Waals surface area (Å²) in [6, 6.07) is 11.2. The van der Waals surface area contributed by atoms with Gasteiger partial charge in [0.25, 0.3) is 0 Å². The predicted octanol–water partition coefficient (Wildman–Crippen LogP) is 6.06. The molecule has 10 nitrogen and oxygen atoms in total. The van der Waals surface area contributed by atoms with Crippen LogP contribution in [0, 0.1) is 29.6 Å². The van der Waals surface area contributed by atoms with Crippen molar-refractivity contribution >= 4 is 17.8 Å². The zero-order valence-corrected chi connectivity index (χ0v) is 26.1. The number of carboxylic acids is 2. The summed E-state index contributed by atoms with van der Waals surface area (Å²) in [5.74, 6) is -0.217. The van der Waals surface area contributed by atoms with Gasteiger partial charge in [-0.2, -0.15) is 5.10 Å². The zero-order chi connectivity index (χ0) is 31.8. The van der Waals surface area contributed by atoms with Crippen LogP contribution < -0.4 is 10.1 Å². The summed E-state index contributed by atoms with van der Waals surface area (Å²) in [6.07, 6.45) is 11.4. The molecule has 10 heteroatoms. The highest BCUT2D eigenvalue weighted by atomic mass is 16.5. The largest absolute Gasteiger partial charge is 0.494 e. The minimum atomic E-state index is -1.18. The number of ether oxygens (including phenoxy) is 2. The molecule has 3 aliphatic rings. The summed E-state index contributed by atoms with van der Waals surface area (Å²) in [7, 11) is 0. The fourth-order valence-corrected chi connectivity index (χ4v) is 7.72. The topological polar surface area (TPSA) is 140 Å². The van der Waals surface area contributed by atoms with E-state index in [1.54, 1.807) is 0 Å². The minimum Gasteiger partial charge on any atom is -0.494 e. The number of nitrogens with zero attached hydrogens (tertiary/aromatic N) is 2. The Morgan fingerprint density at radius 3 is 2.38 bits per heavy atom. The van der Waals surface area contributed by atoms with Crippen LogP contribution in [0.3, 0.4) is 0 Å². The molecule has 1 aromatic heterocycles. The van der Waals surface area contributed by atoms with Gasteiger partial charge >= 0.3 is 11.9 Å². The molecule has 1 heterocycles. The Morgan fingerprint density at radius 2 is 1.64 bits per heavy atom. The molecule has 2 aromatic rings. The molecule has 45 heavy (non-hydrogen) atoms. The number of carboxylic acid groups (broad SMARTS) is 2. The van der Waals surface area contributed by atoms with Gasteiger partial charge in [-0.1, -0.05) is 62.6 Å². The molecule has 0 spiro atoms. The molecule has 0 radical (unpaired) electrons. The van der Waals surface area contributed by atoms with Gasteiger partial charge in [-0.15, -0.1) is 0 Å². The third-order valence-electron chi connectivity index (χ3n) is 10.2. The molecule has 244 valence electrons. The lowest BCUT2D eigenvalue weighted by Crippen LogP contribution is -2.44. The van der Waals surface area contributed by atoms with E-state index in [1.807, 2.05) is 30.3 Å². The first-order valence-electron chi connectivity index (χ1n) is 16.6. The summed E-state index contributed by atoms with van der Waals surface area (Å²) < 4.78 is 13.6. The van der Waals surface area contributed by atoms with Crippen molar-refractivity contribution in [2.24, 2.45) is 29.6 Å². The van der Waals surface area contributed by atoms with Gasteiger partial charge in [-0.05, 0) is 74.7 Å². The Labute approximate surface area is 265 Å². The van der Waals surface area contributed by atoms with Gasteiger partial charge < -0.3 is 25.0 Å². The molecule has 3 aliphatic carbocycles. The Hall–Kier alpha value is -3.82. The zero-order valence-electron chi connectivity index (χ0n) is 26.1. The molecule has 0 bridgehead atoms. The molecule has 0 saturated heterocycles. The molecule has 3 fully saturated rings. The van der Waals surface area contributed by atoms with E-state index >= 15 is 0 Å². The fourth-order valence-electron chi connectivity index (χ4n) is 7.72. The van der Waals surface area contributed by atoms with Crippen LogP contribution in [-0.2, 0) is 27.5 Å². The third-order valence-corrected chi connectivity index (χ3v) is 10.2. The molecule has 1 unspecified atom stereocenters. The van der Waals surface area contributed by atoms with Crippen LogP contribution in [-0.4, -0.2) is 50.5 Å². The predicted molar refractivity (Wildman–Crippen MR) is 167 cm³/mol. The lowest BCUT2D eigenvalue weighted by Gasteiger charge is -2.39. The Balaban J connectivity index is 1.19. The summed E-state index contributed by atoms with van der Waals surface area (Å²) in [6.45, 7) is 4.87. The first-order valence-corrected chi connectivity index (χ1v) is 16.6. The highest BCUT2D eigenvalue weighted by Crippen LogP contribution is 2.43. The summed E-state index contributed by atoms with van der Waals surface area (Å²) >= 11 is 0. The van der Waals surface area contributed by atoms with Crippen molar-refractivity contribution in [1.29, 1.82) is 0 Å². The first-order chi connectivity index (χ1) is 21.8. The summed E-state index contributed by atoms with van der Waals surface area (Å²) in [4.78, 5) is 36.5. The number of rotatable bonds is 13. The molecule has 0 aliphatic heterocycles. The summed E-state index contributed by atoms with van der Waals surface area (Å²) in [5.41, 5.74) is 0.892.